The first kappa shape index (κ1) is 23.9. The molecule has 1 heterocycles. The Morgan fingerprint density at radius 3 is 2.34 bits per heavy atom. The lowest BCUT2D eigenvalue weighted by Crippen LogP contribution is -2.23. The fraction of sp³-hybridized carbons (Fsp3) is 0.381. The quantitative estimate of drug-likeness (QED) is 0.589. The predicted molar refractivity (Wildman–Crippen MR) is 121 cm³/mol. The highest BCUT2D eigenvalue weighted by Crippen LogP contribution is 2.38. The zero-order valence-corrected chi connectivity index (χ0v) is 19.7. The molecule has 11 heteroatoms. The summed E-state index contributed by atoms with van der Waals surface area (Å²) >= 11 is 1.37. The van der Waals surface area contributed by atoms with Gasteiger partial charge >= 0.3 is 5.97 Å². The van der Waals surface area contributed by atoms with Crippen molar-refractivity contribution in [1.29, 1.82) is 0 Å². The number of rotatable bonds is 7. The maximum Gasteiger partial charge on any atom is 0.341 e. The van der Waals surface area contributed by atoms with Crippen molar-refractivity contribution in [1.82, 2.24) is 4.31 Å². The van der Waals surface area contributed by atoms with Crippen LogP contribution in [0.2, 0.25) is 0 Å². The van der Waals surface area contributed by atoms with Crippen LogP contribution in [0.3, 0.4) is 0 Å². The average Bonchev–Trinajstić information content (AvgIpc) is 3.09. The number of sulfonamides is 1. The van der Waals surface area contributed by atoms with Gasteiger partial charge in [-0.2, -0.15) is 0 Å². The van der Waals surface area contributed by atoms with Crippen molar-refractivity contribution in [3.05, 3.63) is 40.3 Å². The molecule has 32 heavy (non-hydrogen) atoms. The lowest BCUT2D eigenvalue weighted by molar-refractivity contribution is -0.119. The van der Waals surface area contributed by atoms with Crippen LogP contribution in [0, 0.1) is 0 Å². The first-order valence-corrected chi connectivity index (χ1v) is 12.3. The zero-order chi connectivity index (χ0) is 23.5. The monoisotopic (exact) mass is 479 g/mol. The number of thiophene rings is 1. The lowest BCUT2D eigenvalue weighted by atomic mass is 9.95. The van der Waals surface area contributed by atoms with Crippen LogP contribution in [0.1, 0.15) is 40.6 Å². The van der Waals surface area contributed by atoms with E-state index in [2.05, 4.69) is 10.6 Å². The van der Waals surface area contributed by atoms with Gasteiger partial charge in [0, 0.05) is 31.6 Å². The smallest absolute Gasteiger partial charge is 0.341 e. The normalized spacial score (nSPS) is 13.4. The highest BCUT2D eigenvalue weighted by atomic mass is 32.2. The van der Waals surface area contributed by atoms with E-state index in [1.807, 2.05) is 0 Å². The number of benzene rings is 1. The van der Waals surface area contributed by atoms with Crippen molar-refractivity contribution in [3.8, 4) is 0 Å². The molecule has 0 saturated carbocycles. The maximum atomic E-state index is 12.7. The molecule has 0 radical (unpaired) electrons. The molecule has 9 nitrogen and oxygen atoms in total. The Morgan fingerprint density at radius 2 is 1.72 bits per heavy atom. The number of aryl methyl sites for hydroxylation is 1. The molecule has 0 atom stereocenters. The van der Waals surface area contributed by atoms with Crippen LogP contribution >= 0.6 is 11.3 Å². The van der Waals surface area contributed by atoms with Gasteiger partial charge in [0.25, 0.3) is 5.91 Å². The molecule has 2 aromatic rings. The number of ether oxygens (including phenoxy) is 1. The summed E-state index contributed by atoms with van der Waals surface area (Å²) in [6.07, 6.45) is 3.55. The van der Waals surface area contributed by atoms with E-state index >= 15 is 0 Å². The molecule has 3 rings (SSSR count). The topological polar surface area (TPSA) is 122 Å². The minimum atomic E-state index is -3.57. The molecule has 0 saturated heterocycles. The fourth-order valence-electron chi connectivity index (χ4n) is 3.35. The van der Waals surface area contributed by atoms with Crippen molar-refractivity contribution >= 4 is 49.8 Å². The summed E-state index contributed by atoms with van der Waals surface area (Å²) in [5, 5.41) is 5.71. The van der Waals surface area contributed by atoms with Gasteiger partial charge in [-0.05, 0) is 55.5 Å². The summed E-state index contributed by atoms with van der Waals surface area (Å²) in [4.78, 5) is 37.7. The number of hydrogen-bond acceptors (Lipinski definition) is 7. The molecule has 1 aliphatic carbocycles. The molecule has 0 bridgehead atoms. The van der Waals surface area contributed by atoms with Gasteiger partial charge in [0.1, 0.15) is 5.00 Å². The molecule has 0 unspecified atom stereocenters. The van der Waals surface area contributed by atoms with Crippen LogP contribution in [0.25, 0.3) is 0 Å². The standard InChI is InChI=1S/C21H25N3O6S2/c1-13(25)22-20-19(16-6-4-5-7-17(16)31-20)21(27)30-12-18(26)23-14-8-10-15(11-9-14)32(28,29)24(2)3/h8-11H,4-7,12H2,1-3H3,(H,22,25)(H,23,26). The Hall–Kier alpha value is -2.76. The summed E-state index contributed by atoms with van der Waals surface area (Å²) in [5.41, 5.74) is 1.58. The van der Waals surface area contributed by atoms with E-state index in [0.29, 0.717) is 16.3 Å². The number of hydrogen-bond donors (Lipinski definition) is 2. The maximum absolute atomic E-state index is 12.7. The van der Waals surface area contributed by atoms with E-state index in [0.717, 1.165) is 40.4 Å². The van der Waals surface area contributed by atoms with Crippen LogP contribution in [0.5, 0.6) is 0 Å². The second kappa shape index (κ2) is 9.80. The molecular weight excluding hydrogens is 454 g/mol. The minimum Gasteiger partial charge on any atom is -0.452 e. The Morgan fingerprint density at radius 1 is 1.06 bits per heavy atom. The van der Waals surface area contributed by atoms with Gasteiger partial charge in [-0.1, -0.05) is 0 Å². The Kier molecular flexibility index (Phi) is 7.32. The minimum absolute atomic E-state index is 0.0969. The molecule has 0 fully saturated rings. The zero-order valence-electron chi connectivity index (χ0n) is 18.1. The van der Waals surface area contributed by atoms with Crippen LogP contribution in [-0.2, 0) is 37.2 Å². The van der Waals surface area contributed by atoms with E-state index in [1.54, 1.807) is 0 Å². The molecule has 2 amide bonds. The summed E-state index contributed by atoms with van der Waals surface area (Å²) in [6.45, 7) is 0.858. The number of carbonyl (C=O) groups excluding carboxylic acids is 3. The van der Waals surface area contributed by atoms with Gasteiger partial charge in [0.05, 0.1) is 10.5 Å². The SMILES string of the molecule is CC(=O)Nc1sc2c(c1C(=O)OCC(=O)Nc1ccc(S(=O)(=O)N(C)C)cc1)CCCC2. The fourth-order valence-corrected chi connectivity index (χ4v) is 5.58. The van der Waals surface area contributed by atoms with E-state index in [-0.39, 0.29) is 10.8 Å². The van der Waals surface area contributed by atoms with Crippen LogP contribution in [0.15, 0.2) is 29.2 Å². The molecule has 0 aliphatic heterocycles. The summed E-state index contributed by atoms with van der Waals surface area (Å²) in [5.74, 6) is -1.50. The third-order valence-electron chi connectivity index (χ3n) is 4.92. The Labute approximate surface area is 190 Å². The highest BCUT2D eigenvalue weighted by Gasteiger charge is 2.27. The van der Waals surface area contributed by atoms with Crippen LogP contribution in [-0.4, -0.2) is 51.2 Å². The third-order valence-corrected chi connectivity index (χ3v) is 7.95. The van der Waals surface area contributed by atoms with Crippen LogP contribution in [0.4, 0.5) is 10.7 Å². The van der Waals surface area contributed by atoms with E-state index in [4.69, 9.17) is 4.74 Å². The summed E-state index contributed by atoms with van der Waals surface area (Å²) in [7, 11) is -0.703. The third kappa shape index (κ3) is 5.34. The molecule has 1 aliphatic rings. The average molecular weight is 480 g/mol. The number of nitrogens with zero attached hydrogens (tertiary/aromatic N) is 1. The molecule has 172 valence electrons. The predicted octanol–water partition coefficient (Wildman–Crippen LogP) is 2.63. The number of esters is 1. The van der Waals surface area contributed by atoms with Crippen molar-refractivity contribution in [2.75, 3.05) is 31.3 Å². The molecule has 2 N–H and O–H groups in total. The molecular formula is C21H25N3O6S2. The van der Waals surface area contributed by atoms with Gasteiger partial charge < -0.3 is 15.4 Å². The Balaban J connectivity index is 1.65. The summed E-state index contributed by atoms with van der Waals surface area (Å²) in [6, 6.07) is 5.68. The second-order valence-corrected chi connectivity index (χ2v) is 10.8. The Bertz CT molecular complexity index is 1140. The first-order chi connectivity index (χ1) is 15.1. The number of carbonyl (C=O) groups is 3. The largest absolute Gasteiger partial charge is 0.452 e. The van der Waals surface area contributed by atoms with Gasteiger partial charge in [0.2, 0.25) is 15.9 Å². The molecule has 0 spiro atoms. The lowest BCUT2D eigenvalue weighted by Gasteiger charge is -2.13. The number of nitrogens with one attached hydrogen (secondary N) is 2. The summed E-state index contributed by atoms with van der Waals surface area (Å²) < 4.78 is 30.5. The first-order valence-electron chi connectivity index (χ1n) is 10.0. The van der Waals surface area contributed by atoms with E-state index in [9.17, 15) is 22.8 Å². The van der Waals surface area contributed by atoms with Gasteiger partial charge in [0.15, 0.2) is 6.61 Å². The molecule has 1 aromatic heterocycles. The van der Waals surface area contributed by atoms with Crippen molar-refractivity contribution in [2.45, 2.75) is 37.5 Å². The van der Waals surface area contributed by atoms with Gasteiger partial charge in [-0.15, -0.1) is 11.3 Å². The van der Waals surface area contributed by atoms with Crippen molar-refractivity contribution in [3.63, 3.8) is 0 Å². The highest BCUT2D eigenvalue weighted by molar-refractivity contribution is 7.89. The van der Waals surface area contributed by atoms with Gasteiger partial charge in [-0.3, -0.25) is 9.59 Å². The number of amides is 2. The van der Waals surface area contributed by atoms with Gasteiger partial charge in [-0.25, -0.2) is 17.5 Å². The van der Waals surface area contributed by atoms with E-state index in [1.165, 1.54) is 56.6 Å². The molecule has 1 aromatic carbocycles. The van der Waals surface area contributed by atoms with E-state index < -0.39 is 28.5 Å². The van der Waals surface area contributed by atoms with Crippen molar-refractivity contribution < 1.29 is 27.5 Å². The second-order valence-electron chi connectivity index (χ2n) is 7.53. The number of anilines is 2. The number of fused-ring (bicyclic) bond motifs is 1. The van der Waals surface area contributed by atoms with Crippen LogP contribution < -0.4 is 10.6 Å². The van der Waals surface area contributed by atoms with Crippen molar-refractivity contribution in [2.24, 2.45) is 0 Å².